The molecule has 0 aliphatic heterocycles. The van der Waals surface area contributed by atoms with Crippen molar-refractivity contribution in [3.05, 3.63) is 84.2 Å². The highest BCUT2D eigenvalue weighted by Crippen LogP contribution is 2.25. The molecule has 3 heterocycles. The number of benzene rings is 1. The molecule has 0 radical (unpaired) electrons. The summed E-state index contributed by atoms with van der Waals surface area (Å²) in [5, 5.41) is 6.38. The van der Waals surface area contributed by atoms with Crippen LogP contribution in [0.1, 0.15) is 29.0 Å². The molecular formula is C24H23N7O. The zero-order chi connectivity index (χ0) is 21.9. The summed E-state index contributed by atoms with van der Waals surface area (Å²) in [6.07, 6.45) is 13.3. The van der Waals surface area contributed by atoms with Gasteiger partial charge >= 0.3 is 0 Å². The van der Waals surface area contributed by atoms with Crippen molar-refractivity contribution in [1.29, 1.82) is 0 Å². The molecule has 3 N–H and O–H groups in total. The summed E-state index contributed by atoms with van der Waals surface area (Å²) >= 11 is 0. The fourth-order valence-corrected chi connectivity index (χ4v) is 3.64. The predicted octanol–water partition coefficient (Wildman–Crippen LogP) is 3.93. The van der Waals surface area contributed by atoms with E-state index in [4.69, 9.17) is 0 Å². The molecule has 1 aromatic carbocycles. The van der Waals surface area contributed by atoms with Crippen LogP contribution in [0.2, 0.25) is 0 Å². The zero-order valence-corrected chi connectivity index (χ0v) is 17.7. The van der Waals surface area contributed by atoms with E-state index >= 15 is 0 Å². The molecule has 0 saturated heterocycles. The first-order chi connectivity index (χ1) is 15.7. The first-order valence-corrected chi connectivity index (χ1v) is 10.5. The van der Waals surface area contributed by atoms with Crippen molar-refractivity contribution in [3.8, 4) is 11.4 Å². The molecule has 0 unspecified atom stereocenters. The number of nitrogens with one attached hydrogen (secondary N) is 3. The van der Waals surface area contributed by atoms with E-state index in [-0.39, 0.29) is 5.91 Å². The fraction of sp³-hybridized carbons (Fsp3) is 0.167. The minimum Gasteiger partial charge on any atom is -0.378 e. The molecule has 32 heavy (non-hydrogen) atoms. The van der Waals surface area contributed by atoms with E-state index in [1.54, 1.807) is 12.4 Å². The summed E-state index contributed by atoms with van der Waals surface area (Å²) in [4.78, 5) is 29.6. The third kappa shape index (κ3) is 4.15. The van der Waals surface area contributed by atoms with Crippen LogP contribution in [-0.4, -0.2) is 30.4 Å². The van der Waals surface area contributed by atoms with Gasteiger partial charge in [0.15, 0.2) is 5.65 Å². The Hall–Kier alpha value is -4.20. The molecule has 1 aliphatic rings. The number of pyridine rings is 1. The van der Waals surface area contributed by atoms with Gasteiger partial charge in [-0.15, -0.1) is 0 Å². The van der Waals surface area contributed by atoms with Crippen molar-refractivity contribution in [1.82, 2.24) is 29.8 Å². The Morgan fingerprint density at radius 3 is 2.91 bits per heavy atom. The van der Waals surface area contributed by atoms with Gasteiger partial charge in [0.2, 0.25) is 0 Å². The lowest BCUT2D eigenvalue weighted by Crippen LogP contribution is -2.22. The number of carbonyl (C=O) groups excluding carboxylic acids is 1. The Bertz CT molecular complexity index is 1310. The van der Waals surface area contributed by atoms with Crippen LogP contribution in [-0.2, 0) is 13.6 Å². The summed E-state index contributed by atoms with van der Waals surface area (Å²) in [6, 6.07) is 9.40. The Morgan fingerprint density at radius 1 is 1.19 bits per heavy atom. The van der Waals surface area contributed by atoms with E-state index in [1.165, 1.54) is 0 Å². The van der Waals surface area contributed by atoms with Crippen LogP contribution < -0.4 is 10.6 Å². The van der Waals surface area contributed by atoms with E-state index in [0.29, 0.717) is 23.6 Å². The number of fused-ring (bicyclic) bond motifs is 1. The second-order valence-corrected chi connectivity index (χ2v) is 7.66. The van der Waals surface area contributed by atoms with Gasteiger partial charge in [0.1, 0.15) is 17.2 Å². The van der Waals surface area contributed by atoms with Crippen molar-refractivity contribution in [3.63, 3.8) is 0 Å². The highest BCUT2D eigenvalue weighted by molar-refractivity contribution is 5.98. The van der Waals surface area contributed by atoms with Gasteiger partial charge in [-0.2, -0.15) is 0 Å². The van der Waals surface area contributed by atoms with Gasteiger partial charge in [-0.05, 0) is 49.2 Å². The number of imidazole rings is 2. The Balaban J connectivity index is 1.49. The van der Waals surface area contributed by atoms with E-state index in [9.17, 15) is 4.79 Å². The standard InChI is InChI=1S/C24H23N7O/c1-31-11-10-25-21(31)15-27-19-13-16(22-29-20-8-5-9-26-23(20)30-22)12-17(14-19)24(32)28-18-6-3-2-4-7-18/h3,5-14,27H,2,4,15H2,1H3,(H,28,32)(H,26,29,30). The average molecular weight is 425 g/mol. The molecule has 0 saturated carbocycles. The number of aromatic nitrogens is 5. The van der Waals surface area contributed by atoms with E-state index in [0.717, 1.165) is 41.1 Å². The smallest absolute Gasteiger partial charge is 0.255 e. The van der Waals surface area contributed by atoms with Crippen LogP contribution in [0.3, 0.4) is 0 Å². The number of anilines is 1. The maximum Gasteiger partial charge on any atom is 0.255 e. The Kier molecular flexibility index (Phi) is 5.25. The first kappa shape index (κ1) is 19.7. The number of nitrogens with zero attached hydrogens (tertiary/aromatic N) is 4. The molecule has 5 rings (SSSR count). The minimum atomic E-state index is -0.168. The van der Waals surface area contributed by atoms with Crippen LogP contribution in [0.15, 0.2) is 72.8 Å². The van der Waals surface area contributed by atoms with Gasteiger partial charge in [0.05, 0.1) is 6.54 Å². The maximum absolute atomic E-state index is 13.0. The number of rotatable bonds is 6. The van der Waals surface area contributed by atoms with Gasteiger partial charge in [-0.3, -0.25) is 4.79 Å². The maximum atomic E-state index is 13.0. The summed E-state index contributed by atoms with van der Waals surface area (Å²) in [7, 11) is 1.95. The fourth-order valence-electron chi connectivity index (χ4n) is 3.64. The number of H-pyrrole nitrogens is 1. The second kappa shape index (κ2) is 8.50. The number of hydrogen-bond acceptors (Lipinski definition) is 5. The van der Waals surface area contributed by atoms with Gasteiger partial charge in [0, 0.05) is 48.1 Å². The topological polar surface area (TPSA) is 101 Å². The Labute approximate surface area is 185 Å². The highest BCUT2D eigenvalue weighted by Gasteiger charge is 2.14. The number of aryl methyl sites for hydroxylation is 1. The normalized spacial score (nSPS) is 13.2. The summed E-state index contributed by atoms with van der Waals surface area (Å²) < 4.78 is 1.96. The SMILES string of the molecule is Cn1ccnc1CNc1cc(C(=O)NC2=CCCC=C2)cc(-c2nc3cccnc3[nH]2)c1. The van der Waals surface area contributed by atoms with E-state index < -0.39 is 0 Å². The van der Waals surface area contributed by atoms with Crippen LogP contribution >= 0.6 is 0 Å². The molecule has 1 aliphatic carbocycles. The van der Waals surface area contributed by atoms with Crippen LogP contribution in [0.4, 0.5) is 5.69 Å². The van der Waals surface area contributed by atoms with Crippen molar-refractivity contribution >= 4 is 22.8 Å². The molecule has 3 aromatic heterocycles. The van der Waals surface area contributed by atoms with Crippen LogP contribution in [0.25, 0.3) is 22.6 Å². The zero-order valence-electron chi connectivity index (χ0n) is 17.7. The third-order valence-electron chi connectivity index (χ3n) is 5.35. The predicted molar refractivity (Wildman–Crippen MR) is 124 cm³/mol. The largest absolute Gasteiger partial charge is 0.378 e. The summed E-state index contributed by atoms with van der Waals surface area (Å²) in [5.74, 6) is 1.39. The van der Waals surface area contributed by atoms with Gasteiger partial charge < -0.3 is 20.2 Å². The summed E-state index contributed by atoms with van der Waals surface area (Å²) in [6.45, 7) is 0.531. The third-order valence-corrected chi connectivity index (χ3v) is 5.35. The van der Waals surface area contributed by atoms with Gasteiger partial charge in [-0.1, -0.05) is 12.2 Å². The average Bonchev–Trinajstić information content (AvgIpc) is 3.44. The van der Waals surface area contributed by atoms with E-state index in [2.05, 4.69) is 36.6 Å². The highest BCUT2D eigenvalue weighted by atomic mass is 16.1. The Morgan fingerprint density at radius 2 is 2.12 bits per heavy atom. The molecule has 160 valence electrons. The number of carbonyl (C=O) groups is 1. The number of allylic oxidation sites excluding steroid dienone is 3. The summed E-state index contributed by atoms with van der Waals surface area (Å²) in [5.41, 5.74) is 4.44. The van der Waals surface area contributed by atoms with Crippen molar-refractivity contribution in [2.45, 2.75) is 19.4 Å². The molecule has 8 nitrogen and oxygen atoms in total. The molecule has 4 aromatic rings. The lowest BCUT2D eigenvalue weighted by molar-refractivity contribution is 0.0967. The number of amides is 1. The van der Waals surface area contributed by atoms with Crippen molar-refractivity contribution in [2.75, 3.05) is 5.32 Å². The molecule has 8 heteroatoms. The first-order valence-electron chi connectivity index (χ1n) is 10.5. The quantitative estimate of drug-likeness (QED) is 0.435. The number of hydrogen-bond donors (Lipinski definition) is 3. The molecule has 0 spiro atoms. The molecule has 0 atom stereocenters. The molecule has 0 fully saturated rings. The van der Waals surface area contributed by atoms with Crippen molar-refractivity contribution in [2.24, 2.45) is 7.05 Å². The lowest BCUT2D eigenvalue weighted by atomic mass is 10.1. The van der Waals surface area contributed by atoms with Crippen LogP contribution in [0, 0.1) is 0 Å². The molecule has 1 amide bonds. The second-order valence-electron chi connectivity index (χ2n) is 7.66. The van der Waals surface area contributed by atoms with E-state index in [1.807, 2.05) is 60.3 Å². The van der Waals surface area contributed by atoms with Gasteiger partial charge in [0.25, 0.3) is 5.91 Å². The lowest BCUT2D eigenvalue weighted by Gasteiger charge is -2.13. The van der Waals surface area contributed by atoms with Crippen LogP contribution in [0.5, 0.6) is 0 Å². The molecule has 0 bridgehead atoms. The van der Waals surface area contributed by atoms with Gasteiger partial charge in [-0.25, -0.2) is 15.0 Å². The monoisotopic (exact) mass is 425 g/mol. The van der Waals surface area contributed by atoms with Crippen molar-refractivity contribution < 1.29 is 4.79 Å². The number of aromatic amines is 1. The minimum absolute atomic E-state index is 0.168. The molecular weight excluding hydrogens is 402 g/mol.